The molecule has 2 atom stereocenters. The number of hydrogen-bond acceptors (Lipinski definition) is 4. The average molecular weight is 225 g/mol. The number of nitrogens with one attached hydrogen (secondary N) is 2. The van der Waals surface area contributed by atoms with Crippen LogP contribution in [0.25, 0.3) is 0 Å². The van der Waals surface area contributed by atoms with Crippen LogP contribution in [0.15, 0.2) is 23.1 Å². The first-order valence-electron chi connectivity index (χ1n) is 4.91. The molecule has 0 fully saturated rings. The summed E-state index contributed by atoms with van der Waals surface area (Å²) in [7, 11) is 0. The Morgan fingerprint density at radius 3 is 2.81 bits per heavy atom. The second-order valence-corrected chi connectivity index (χ2v) is 3.56. The van der Waals surface area contributed by atoms with Crippen molar-refractivity contribution >= 4 is 5.91 Å². The number of carbonyl (C=O) groups excluding carboxylic acids is 1. The van der Waals surface area contributed by atoms with Crippen molar-refractivity contribution in [2.45, 2.75) is 19.1 Å². The Hall–Kier alpha value is -1.66. The summed E-state index contributed by atoms with van der Waals surface area (Å²) in [6, 6.07) is 2.18. The van der Waals surface area contributed by atoms with E-state index in [0.29, 0.717) is 5.56 Å². The van der Waals surface area contributed by atoms with E-state index in [9.17, 15) is 9.59 Å². The molecule has 6 nitrogen and oxygen atoms in total. The molecule has 0 saturated carbocycles. The largest absolute Gasteiger partial charge is 0.392 e. The van der Waals surface area contributed by atoms with Crippen LogP contribution in [0.3, 0.4) is 0 Å². The van der Waals surface area contributed by atoms with Gasteiger partial charge < -0.3 is 21.1 Å². The lowest BCUT2D eigenvalue weighted by Crippen LogP contribution is -2.43. The number of amides is 1. The molecule has 16 heavy (non-hydrogen) atoms. The Labute approximate surface area is 92.5 Å². The Bertz CT molecular complexity index is 394. The molecule has 0 aliphatic heterocycles. The van der Waals surface area contributed by atoms with Gasteiger partial charge in [-0.2, -0.15) is 0 Å². The minimum atomic E-state index is -0.684. The number of aromatic nitrogens is 1. The molecular formula is C10H15N3O3. The van der Waals surface area contributed by atoms with E-state index in [0.717, 1.165) is 0 Å². The van der Waals surface area contributed by atoms with Crippen LogP contribution >= 0.6 is 0 Å². The number of carbonyl (C=O) groups is 1. The molecular weight excluding hydrogens is 210 g/mol. The first kappa shape index (κ1) is 12.4. The van der Waals surface area contributed by atoms with Gasteiger partial charge in [0.1, 0.15) is 0 Å². The van der Waals surface area contributed by atoms with Crippen molar-refractivity contribution in [2.75, 3.05) is 6.54 Å². The highest BCUT2D eigenvalue weighted by Gasteiger charge is 2.11. The van der Waals surface area contributed by atoms with E-state index >= 15 is 0 Å². The van der Waals surface area contributed by atoms with Gasteiger partial charge in [0.2, 0.25) is 5.56 Å². The molecule has 1 aromatic heterocycles. The maximum absolute atomic E-state index is 11.5. The third kappa shape index (κ3) is 3.48. The van der Waals surface area contributed by atoms with Crippen LogP contribution in [0.4, 0.5) is 0 Å². The minimum Gasteiger partial charge on any atom is -0.392 e. The van der Waals surface area contributed by atoms with Crippen LogP contribution in [0.2, 0.25) is 0 Å². The zero-order valence-electron chi connectivity index (χ0n) is 8.93. The van der Waals surface area contributed by atoms with Crippen LogP contribution < -0.4 is 16.6 Å². The molecule has 0 aliphatic carbocycles. The Morgan fingerprint density at radius 1 is 1.62 bits per heavy atom. The van der Waals surface area contributed by atoms with Gasteiger partial charge in [-0.15, -0.1) is 0 Å². The summed E-state index contributed by atoms with van der Waals surface area (Å²) in [5.41, 5.74) is 5.62. The van der Waals surface area contributed by atoms with Crippen molar-refractivity contribution in [1.29, 1.82) is 0 Å². The molecule has 0 saturated heterocycles. The van der Waals surface area contributed by atoms with Crippen molar-refractivity contribution in [3.05, 3.63) is 34.2 Å². The van der Waals surface area contributed by atoms with E-state index in [-0.39, 0.29) is 18.0 Å². The first-order valence-corrected chi connectivity index (χ1v) is 4.91. The summed E-state index contributed by atoms with van der Waals surface area (Å²) in [6.07, 6.45) is 0.641. The smallest absolute Gasteiger partial charge is 0.252 e. The number of aromatic amines is 1. The van der Waals surface area contributed by atoms with E-state index < -0.39 is 12.1 Å². The SMILES string of the molecule is CC(O)C(N)CNC(=O)c1ccc(=O)[nH]c1. The van der Waals surface area contributed by atoms with E-state index in [2.05, 4.69) is 10.3 Å². The number of aliphatic hydroxyl groups is 1. The molecule has 0 bridgehead atoms. The standard InChI is InChI=1S/C10H15N3O3/c1-6(14)8(11)5-13-10(16)7-2-3-9(15)12-4-7/h2-4,6,8,14H,5,11H2,1H3,(H,12,15)(H,13,16). The maximum Gasteiger partial charge on any atom is 0.252 e. The molecule has 0 radical (unpaired) electrons. The molecule has 1 rings (SSSR count). The third-order valence-corrected chi connectivity index (χ3v) is 2.16. The highest BCUT2D eigenvalue weighted by molar-refractivity contribution is 5.93. The van der Waals surface area contributed by atoms with Gasteiger partial charge in [0.25, 0.3) is 5.91 Å². The molecule has 88 valence electrons. The number of hydrogen-bond donors (Lipinski definition) is 4. The summed E-state index contributed by atoms with van der Waals surface area (Å²) in [5, 5.41) is 11.7. The fourth-order valence-corrected chi connectivity index (χ4v) is 1.03. The van der Waals surface area contributed by atoms with Crippen molar-refractivity contribution < 1.29 is 9.90 Å². The van der Waals surface area contributed by atoms with Gasteiger partial charge in [0, 0.05) is 24.8 Å². The molecule has 0 aliphatic rings. The van der Waals surface area contributed by atoms with Crippen LogP contribution in [0.5, 0.6) is 0 Å². The quantitative estimate of drug-likeness (QED) is 0.517. The van der Waals surface area contributed by atoms with Crippen molar-refractivity contribution in [2.24, 2.45) is 5.73 Å². The predicted molar refractivity (Wildman–Crippen MR) is 59.1 cm³/mol. The van der Waals surface area contributed by atoms with Gasteiger partial charge in [0.05, 0.1) is 11.7 Å². The van der Waals surface area contributed by atoms with E-state index in [4.69, 9.17) is 10.8 Å². The summed E-state index contributed by atoms with van der Waals surface area (Å²) in [4.78, 5) is 24.7. The molecule has 1 aromatic rings. The van der Waals surface area contributed by atoms with Crippen molar-refractivity contribution in [3.63, 3.8) is 0 Å². The minimum absolute atomic E-state index is 0.176. The third-order valence-electron chi connectivity index (χ3n) is 2.16. The van der Waals surface area contributed by atoms with Gasteiger partial charge in [-0.1, -0.05) is 0 Å². The molecule has 2 unspecified atom stereocenters. The first-order chi connectivity index (χ1) is 7.50. The summed E-state index contributed by atoms with van der Waals surface area (Å²) < 4.78 is 0. The molecule has 0 aromatic carbocycles. The summed E-state index contributed by atoms with van der Waals surface area (Å²) >= 11 is 0. The fraction of sp³-hybridized carbons (Fsp3) is 0.400. The molecule has 1 amide bonds. The van der Waals surface area contributed by atoms with Gasteiger partial charge in [-0.25, -0.2) is 0 Å². The highest BCUT2D eigenvalue weighted by Crippen LogP contribution is 1.93. The highest BCUT2D eigenvalue weighted by atomic mass is 16.3. The van der Waals surface area contributed by atoms with E-state index in [1.165, 1.54) is 18.3 Å². The van der Waals surface area contributed by atoms with Crippen LogP contribution in [0, 0.1) is 0 Å². The number of nitrogens with two attached hydrogens (primary N) is 1. The Balaban J connectivity index is 2.53. The zero-order valence-corrected chi connectivity index (χ0v) is 8.93. The van der Waals surface area contributed by atoms with Crippen molar-refractivity contribution in [3.8, 4) is 0 Å². The molecule has 0 spiro atoms. The Kier molecular flexibility index (Phi) is 4.21. The number of pyridine rings is 1. The summed E-state index contributed by atoms with van der Waals surface area (Å²) in [5.74, 6) is -0.340. The predicted octanol–water partition coefficient (Wildman–Crippen LogP) is -1.19. The molecule has 5 N–H and O–H groups in total. The van der Waals surface area contributed by atoms with Crippen molar-refractivity contribution in [1.82, 2.24) is 10.3 Å². The van der Waals surface area contributed by atoms with Gasteiger partial charge in [-0.3, -0.25) is 9.59 Å². The fourth-order valence-electron chi connectivity index (χ4n) is 1.03. The topological polar surface area (TPSA) is 108 Å². The van der Waals surface area contributed by atoms with Gasteiger partial charge in [-0.05, 0) is 13.0 Å². The molecule has 1 heterocycles. The summed E-state index contributed by atoms with van der Waals surface area (Å²) in [6.45, 7) is 1.73. The lowest BCUT2D eigenvalue weighted by Gasteiger charge is -2.15. The van der Waals surface area contributed by atoms with Gasteiger partial charge >= 0.3 is 0 Å². The maximum atomic E-state index is 11.5. The Morgan fingerprint density at radius 2 is 2.31 bits per heavy atom. The second-order valence-electron chi connectivity index (χ2n) is 3.56. The van der Waals surface area contributed by atoms with Crippen LogP contribution in [-0.4, -0.2) is 34.7 Å². The van der Waals surface area contributed by atoms with E-state index in [1.807, 2.05) is 0 Å². The number of aliphatic hydroxyl groups excluding tert-OH is 1. The normalized spacial score (nSPS) is 14.2. The molecule has 6 heteroatoms. The van der Waals surface area contributed by atoms with Crippen LogP contribution in [-0.2, 0) is 0 Å². The van der Waals surface area contributed by atoms with Gasteiger partial charge in [0.15, 0.2) is 0 Å². The number of rotatable bonds is 4. The average Bonchev–Trinajstić information content (AvgIpc) is 2.26. The zero-order chi connectivity index (χ0) is 12.1. The lowest BCUT2D eigenvalue weighted by molar-refractivity contribution is 0.0937. The second kappa shape index (κ2) is 5.43. The lowest BCUT2D eigenvalue weighted by atomic mass is 10.2. The van der Waals surface area contributed by atoms with E-state index in [1.54, 1.807) is 6.92 Å². The van der Waals surface area contributed by atoms with Crippen LogP contribution in [0.1, 0.15) is 17.3 Å². The number of H-pyrrole nitrogens is 1. The monoisotopic (exact) mass is 225 g/mol.